The molecule has 32 heavy (non-hydrogen) atoms. The molecule has 1 saturated heterocycles. The van der Waals surface area contributed by atoms with E-state index in [0.717, 1.165) is 60.2 Å². The van der Waals surface area contributed by atoms with Gasteiger partial charge < -0.3 is 15.0 Å². The second-order valence-electron chi connectivity index (χ2n) is 8.79. The highest BCUT2D eigenvalue weighted by atomic mass is 16.5. The van der Waals surface area contributed by atoms with Gasteiger partial charge in [-0.15, -0.1) is 0 Å². The molecule has 1 saturated carbocycles. The van der Waals surface area contributed by atoms with Gasteiger partial charge in [0.05, 0.1) is 12.6 Å². The number of carbonyl (C=O) groups is 1. The van der Waals surface area contributed by atoms with Crippen LogP contribution in [0.5, 0.6) is 5.88 Å². The van der Waals surface area contributed by atoms with Gasteiger partial charge in [0.15, 0.2) is 0 Å². The third-order valence-electron chi connectivity index (χ3n) is 6.71. The molecule has 1 N–H and O–H groups in total. The number of methoxy groups -OCH3 is 1. The molecule has 2 fully saturated rings. The Hall–Kier alpha value is -3.22. The molecule has 166 valence electrons. The molecule has 0 bridgehead atoms. The number of benzene rings is 1. The molecule has 7 heteroatoms. The molecule has 2 aliphatic rings. The van der Waals surface area contributed by atoms with Crippen molar-refractivity contribution >= 4 is 22.6 Å². The predicted octanol–water partition coefficient (Wildman–Crippen LogP) is 4.29. The molecule has 5 rings (SSSR count). The number of nitrogens with zero attached hydrogens (tertiary/aromatic N) is 4. The van der Waals surface area contributed by atoms with Gasteiger partial charge in [0.1, 0.15) is 12.1 Å². The van der Waals surface area contributed by atoms with E-state index in [4.69, 9.17) is 4.74 Å². The largest absolute Gasteiger partial charge is 0.481 e. The van der Waals surface area contributed by atoms with Crippen molar-refractivity contribution in [3.05, 3.63) is 42.9 Å². The molecular weight excluding hydrogens is 402 g/mol. The summed E-state index contributed by atoms with van der Waals surface area (Å²) in [6.45, 7) is 1.56. The molecule has 1 amide bonds. The first kappa shape index (κ1) is 20.7. The zero-order valence-corrected chi connectivity index (χ0v) is 18.5. The van der Waals surface area contributed by atoms with Crippen LogP contribution < -0.4 is 10.1 Å². The molecule has 1 atom stereocenters. The van der Waals surface area contributed by atoms with E-state index in [1.165, 1.54) is 19.3 Å². The van der Waals surface area contributed by atoms with E-state index in [-0.39, 0.29) is 12.0 Å². The third-order valence-corrected chi connectivity index (χ3v) is 6.71. The Morgan fingerprint density at radius 3 is 2.66 bits per heavy atom. The molecule has 1 aliphatic carbocycles. The van der Waals surface area contributed by atoms with Crippen LogP contribution in [0.1, 0.15) is 38.5 Å². The van der Waals surface area contributed by atoms with E-state index < -0.39 is 0 Å². The number of amides is 1. The van der Waals surface area contributed by atoms with Crippen molar-refractivity contribution in [1.29, 1.82) is 0 Å². The Labute approximate surface area is 188 Å². The third kappa shape index (κ3) is 4.24. The van der Waals surface area contributed by atoms with Crippen LogP contribution in [-0.2, 0) is 4.79 Å². The van der Waals surface area contributed by atoms with Crippen molar-refractivity contribution < 1.29 is 9.53 Å². The molecule has 7 nitrogen and oxygen atoms in total. The molecule has 3 heterocycles. The van der Waals surface area contributed by atoms with Crippen LogP contribution in [-0.4, -0.2) is 52.0 Å². The van der Waals surface area contributed by atoms with Crippen LogP contribution in [0.3, 0.4) is 0 Å². The second kappa shape index (κ2) is 9.10. The van der Waals surface area contributed by atoms with Crippen LogP contribution in [0, 0.1) is 5.92 Å². The fourth-order valence-electron chi connectivity index (χ4n) is 4.90. The normalized spacial score (nSPS) is 19.3. The first-order chi connectivity index (χ1) is 15.7. The van der Waals surface area contributed by atoms with Gasteiger partial charge in [-0.2, -0.15) is 0 Å². The molecule has 3 aromatic rings. The highest BCUT2D eigenvalue weighted by molar-refractivity contribution is 5.92. The van der Waals surface area contributed by atoms with Gasteiger partial charge >= 0.3 is 0 Å². The van der Waals surface area contributed by atoms with E-state index in [2.05, 4.69) is 26.3 Å². The highest BCUT2D eigenvalue weighted by Gasteiger charge is 2.31. The Morgan fingerprint density at radius 2 is 1.88 bits per heavy atom. The first-order valence-corrected chi connectivity index (χ1v) is 11.5. The zero-order chi connectivity index (χ0) is 21.9. The van der Waals surface area contributed by atoms with Gasteiger partial charge in [-0.1, -0.05) is 25.3 Å². The van der Waals surface area contributed by atoms with Crippen molar-refractivity contribution in [2.75, 3.05) is 25.5 Å². The molecule has 1 aliphatic heterocycles. The summed E-state index contributed by atoms with van der Waals surface area (Å²) in [5.74, 6) is 1.97. The Bertz CT molecular complexity index is 1100. The number of carbonyl (C=O) groups excluding carboxylic acids is 1. The summed E-state index contributed by atoms with van der Waals surface area (Å²) < 4.78 is 5.16. The quantitative estimate of drug-likeness (QED) is 0.649. The summed E-state index contributed by atoms with van der Waals surface area (Å²) in [5.41, 5.74) is 2.94. The minimum absolute atomic E-state index is 0.201. The second-order valence-corrected chi connectivity index (χ2v) is 8.79. The van der Waals surface area contributed by atoms with Crippen LogP contribution in [0.4, 0.5) is 5.82 Å². The molecule has 1 aromatic carbocycles. The Kier molecular flexibility index (Phi) is 5.88. The molecule has 0 radical (unpaired) electrons. The van der Waals surface area contributed by atoms with Gasteiger partial charge in [0.2, 0.25) is 11.8 Å². The summed E-state index contributed by atoms with van der Waals surface area (Å²) in [6, 6.07) is 10.2. The number of likely N-dealkylation sites (tertiary alicyclic amines) is 1. The Balaban J connectivity index is 1.33. The maximum absolute atomic E-state index is 12.9. The van der Waals surface area contributed by atoms with E-state index in [9.17, 15) is 4.79 Å². The smallest absolute Gasteiger partial charge is 0.225 e. The number of rotatable bonds is 5. The first-order valence-electron chi connectivity index (χ1n) is 11.5. The number of aromatic nitrogens is 3. The molecule has 0 spiro atoms. The van der Waals surface area contributed by atoms with Crippen molar-refractivity contribution in [3.63, 3.8) is 0 Å². The van der Waals surface area contributed by atoms with Gasteiger partial charge in [0, 0.05) is 48.3 Å². The monoisotopic (exact) mass is 431 g/mol. The lowest BCUT2D eigenvalue weighted by molar-refractivity contribution is -0.135. The summed E-state index contributed by atoms with van der Waals surface area (Å²) in [6.07, 6.45) is 10.1. The van der Waals surface area contributed by atoms with E-state index >= 15 is 0 Å². The van der Waals surface area contributed by atoms with Crippen molar-refractivity contribution in [2.45, 2.75) is 44.6 Å². The molecule has 0 unspecified atom stereocenters. The number of hydrogen-bond donors (Lipinski definition) is 1. The molecular formula is C25H29N5O2. The number of hydrogen-bond acceptors (Lipinski definition) is 6. The maximum atomic E-state index is 12.9. The topological polar surface area (TPSA) is 80.2 Å². The van der Waals surface area contributed by atoms with E-state index in [0.29, 0.717) is 11.8 Å². The minimum atomic E-state index is 0.201. The summed E-state index contributed by atoms with van der Waals surface area (Å²) >= 11 is 0. The summed E-state index contributed by atoms with van der Waals surface area (Å²) in [4.78, 5) is 28.2. The average molecular weight is 432 g/mol. The summed E-state index contributed by atoms with van der Waals surface area (Å²) in [7, 11) is 1.61. The zero-order valence-electron chi connectivity index (χ0n) is 18.5. The predicted molar refractivity (Wildman–Crippen MR) is 125 cm³/mol. The summed E-state index contributed by atoms with van der Waals surface area (Å²) in [5, 5.41) is 4.56. The lowest BCUT2D eigenvalue weighted by Gasteiger charge is -2.26. The van der Waals surface area contributed by atoms with Crippen LogP contribution in [0.2, 0.25) is 0 Å². The number of anilines is 1. The SMILES string of the molecule is COc1ccc(-c2ccc3ncnc(N[C@H]4CCN(C(=O)C5CCCCC5)C4)c3c2)cn1. The highest BCUT2D eigenvalue weighted by Crippen LogP contribution is 2.30. The lowest BCUT2D eigenvalue weighted by atomic mass is 9.88. The standard InChI is InChI=1S/C25H29N5O2/c1-32-23-10-8-19(14-26-23)18-7-9-22-21(13-18)24(28-16-27-22)29-20-11-12-30(15-20)25(31)17-5-3-2-4-6-17/h7-10,13-14,16-17,20H,2-6,11-12,15H2,1H3,(H,27,28,29)/t20-/m0/s1. The van der Waals surface area contributed by atoms with Gasteiger partial charge in [-0.05, 0) is 43.0 Å². The lowest BCUT2D eigenvalue weighted by Crippen LogP contribution is -2.36. The van der Waals surface area contributed by atoms with Gasteiger partial charge in [0.25, 0.3) is 0 Å². The number of ether oxygens (including phenoxy) is 1. The molecule has 2 aromatic heterocycles. The number of pyridine rings is 1. The Morgan fingerprint density at radius 1 is 1.03 bits per heavy atom. The van der Waals surface area contributed by atoms with E-state index in [1.54, 1.807) is 13.4 Å². The number of fused-ring (bicyclic) bond motifs is 1. The minimum Gasteiger partial charge on any atom is -0.481 e. The van der Waals surface area contributed by atoms with Crippen molar-refractivity contribution in [1.82, 2.24) is 19.9 Å². The van der Waals surface area contributed by atoms with Crippen LogP contribution >= 0.6 is 0 Å². The fourth-order valence-corrected chi connectivity index (χ4v) is 4.90. The van der Waals surface area contributed by atoms with Crippen molar-refractivity contribution in [2.24, 2.45) is 5.92 Å². The van der Waals surface area contributed by atoms with Crippen molar-refractivity contribution in [3.8, 4) is 17.0 Å². The maximum Gasteiger partial charge on any atom is 0.225 e. The average Bonchev–Trinajstić information content (AvgIpc) is 3.32. The fraction of sp³-hybridized carbons (Fsp3) is 0.440. The van der Waals surface area contributed by atoms with E-state index in [1.807, 2.05) is 35.4 Å². The van der Waals surface area contributed by atoms with Crippen LogP contribution in [0.15, 0.2) is 42.9 Å². The van der Waals surface area contributed by atoms with Gasteiger partial charge in [-0.3, -0.25) is 4.79 Å². The van der Waals surface area contributed by atoms with Gasteiger partial charge in [-0.25, -0.2) is 15.0 Å². The van der Waals surface area contributed by atoms with Crippen LogP contribution in [0.25, 0.3) is 22.0 Å². The number of nitrogens with one attached hydrogen (secondary N) is 1.